The van der Waals surface area contributed by atoms with E-state index in [0.717, 1.165) is 37.9 Å². The minimum atomic E-state index is -4.40. The average molecular weight is 393 g/mol. The van der Waals surface area contributed by atoms with Crippen molar-refractivity contribution >= 4 is 18.3 Å². The molecular formula is C19H28ClF3N2O. The van der Waals surface area contributed by atoms with Crippen molar-refractivity contribution in [1.29, 1.82) is 0 Å². The molecular weight excluding hydrogens is 365 g/mol. The number of alkyl halides is 3. The summed E-state index contributed by atoms with van der Waals surface area (Å²) in [6.07, 6.45) is -1.41. The number of likely N-dealkylation sites (tertiary alicyclic amines) is 1. The second kappa shape index (κ2) is 9.09. The van der Waals surface area contributed by atoms with Crippen molar-refractivity contribution < 1.29 is 18.0 Å². The van der Waals surface area contributed by atoms with Gasteiger partial charge in [0.05, 0.1) is 11.0 Å². The van der Waals surface area contributed by atoms with Crippen molar-refractivity contribution in [3.05, 3.63) is 35.4 Å². The molecule has 26 heavy (non-hydrogen) atoms. The predicted molar refractivity (Wildman–Crippen MR) is 99.6 cm³/mol. The zero-order valence-corrected chi connectivity index (χ0v) is 16.3. The highest BCUT2D eigenvalue weighted by molar-refractivity contribution is 5.87. The van der Waals surface area contributed by atoms with E-state index in [1.54, 1.807) is 24.8 Å². The molecule has 1 N–H and O–H groups in total. The Kier molecular flexibility index (Phi) is 7.96. The van der Waals surface area contributed by atoms with E-state index in [2.05, 4.69) is 5.32 Å². The molecule has 1 amide bonds. The molecule has 7 heteroatoms. The molecule has 1 aromatic carbocycles. The van der Waals surface area contributed by atoms with Crippen LogP contribution in [-0.4, -0.2) is 37.5 Å². The molecule has 0 aromatic heterocycles. The van der Waals surface area contributed by atoms with Crippen LogP contribution in [0, 0.1) is 5.92 Å². The first-order valence-electron chi connectivity index (χ1n) is 8.78. The first kappa shape index (κ1) is 22.8. The van der Waals surface area contributed by atoms with Crippen LogP contribution in [0.5, 0.6) is 0 Å². The summed E-state index contributed by atoms with van der Waals surface area (Å²) in [4.78, 5) is 14.7. The van der Waals surface area contributed by atoms with E-state index in [1.165, 1.54) is 6.07 Å². The minimum Gasteiger partial charge on any atom is -0.342 e. The molecule has 148 valence electrons. The van der Waals surface area contributed by atoms with Crippen molar-refractivity contribution in [2.75, 3.05) is 26.7 Å². The highest BCUT2D eigenvalue weighted by atomic mass is 35.5. The van der Waals surface area contributed by atoms with E-state index < -0.39 is 17.2 Å². The Morgan fingerprint density at radius 2 is 1.77 bits per heavy atom. The molecule has 1 fully saturated rings. The summed E-state index contributed by atoms with van der Waals surface area (Å²) in [5, 5.41) is 3.14. The normalized spacial score (nSPS) is 16.3. The van der Waals surface area contributed by atoms with Gasteiger partial charge < -0.3 is 10.2 Å². The van der Waals surface area contributed by atoms with Gasteiger partial charge in [0, 0.05) is 13.1 Å². The highest BCUT2D eigenvalue weighted by Crippen LogP contribution is 2.34. The third-order valence-electron chi connectivity index (χ3n) is 5.15. The lowest BCUT2D eigenvalue weighted by atomic mass is 9.81. The van der Waals surface area contributed by atoms with Gasteiger partial charge in [0.2, 0.25) is 5.91 Å². The maximum atomic E-state index is 13.0. The van der Waals surface area contributed by atoms with Gasteiger partial charge in [-0.15, -0.1) is 12.4 Å². The Bertz CT molecular complexity index is 597. The molecule has 1 saturated heterocycles. The third kappa shape index (κ3) is 5.36. The molecule has 1 heterocycles. The Labute approximate surface area is 159 Å². The van der Waals surface area contributed by atoms with Crippen LogP contribution < -0.4 is 5.32 Å². The number of nitrogens with zero attached hydrogens (tertiary/aromatic N) is 1. The standard InChI is InChI=1S/C19H27F3N2O.ClH/c1-18(2,15-5-4-6-16(13-15)19(20,21)22)17(25)24-11-8-14(9-12-24)7-10-23-3;/h4-6,13-14,23H,7-12H2,1-3H3;1H. The van der Waals surface area contributed by atoms with E-state index in [9.17, 15) is 18.0 Å². The van der Waals surface area contributed by atoms with Crippen molar-refractivity contribution in [1.82, 2.24) is 10.2 Å². The molecule has 0 radical (unpaired) electrons. The van der Waals surface area contributed by atoms with Crippen molar-refractivity contribution in [3.63, 3.8) is 0 Å². The molecule has 1 aromatic rings. The van der Waals surface area contributed by atoms with E-state index in [1.807, 2.05) is 7.05 Å². The van der Waals surface area contributed by atoms with Gasteiger partial charge in [-0.2, -0.15) is 13.2 Å². The smallest absolute Gasteiger partial charge is 0.342 e. The Hall–Kier alpha value is -1.27. The van der Waals surface area contributed by atoms with E-state index in [-0.39, 0.29) is 18.3 Å². The number of hydrogen-bond acceptors (Lipinski definition) is 2. The fraction of sp³-hybridized carbons (Fsp3) is 0.632. The monoisotopic (exact) mass is 392 g/mol. The van der Waals surface area contributed by atoms with Gasteiger partial charge in [-0.05, 0) is 64.3 Å². The number of nitrogens with one attached hydrogen (secondary N) is 1. The van der Waals surface area contributed by atoms with Gasteiger partial charge in [0.25, 0.3) is 0 Å². The van der Waals surface area contributed by atoms with Crippen LogP contribution in [0.1, 0.15) is 44.2 Å². The first-order valence-corrected chi connectivity index (χ1v) is 8.78. The maximum Gasteiger partial charge on any atom is 0.416 e. The van der Waals surface area contributed by atoms with Gasteiger partial charge in [0.1, 0.15) is 0 Å². The lowest BCUT2D eigenvalue weighted by Crippen LogP contribution is -2.47. The number of carbonyl (C=O) groups excluding carboxylic acids is 1. The number of hydrogen-bond donors (Lipinski definition) is 1. The molecule has 0 spiro atoms. The van der Waals surface area contributed by atoms with Gasteiger partial charge in [0.15, 0.2) is 0 Å². The van der Waals surface area contributed by atoms with Crippen LogP contribution in [0.25, 0.3) is 0 Å². The van der Waals surface area contributed by atoms with Crippen LogP contribution in [0.15, 0.2) is 24.3 Å². The van der Waals surface area contributed by atoms with E-state index >= 15 is 0 Å². The van der Waals surface area contributed by atoms with E-state index in [0.29, 0.717) is 24.6 Å². The summed E-state index contributed by atoms with van der Waals surface area (Å²) in [5.41, 5.74) is -1.28. The summed E-state index contributed by atoms with van der Waals surface area (Å²) in [7, 11) is 1.93. The predicted octanol–water partition coefficient (Wildman–Crippen LogP) is 4.25. The average Bonchev–Trinajstić information content (AvgIpc) is 2.59. The molecule has 0 aliphatic carbocycles. The highest BCUT2D eigenvalue weighted by Gasteiger charge is 2.37. The lowest BCUT2D eigenvalue weighted by molar-refractivity contribution is -0.139. The zero-order valence-electron chi connectivity index (χ0n) is 15.5. The van der Waals surface area contributed by atoms with Gasteiger partial charge in [-0.3, -0.25) is 4.79 Å². The largest absolute Gasteiger partial charge is 0.416 e. The van der Waals surface area contributed by atoms with Crippen LogP contribution in [0.4, 0.5) is 13.2 Å². The van der Waals surface area contributed by atoms with Gasteiger partial charge in [-0.25, -0.2) is 0 Å². The summed E-state index contributed by atoms with van der Waals surface area (Å²) < 4.78 is 38.9. The third-order valence-corrected chi connectivity index (χ3v) is 5.15. The quantitative estimate of drug-likeness (QED) is 0.812. The Morgan fingerprint density at radius 1 is 1.19 bits per heavy atom. The molecule has 0 saturated carbocycles. The first-order chi connectivity index (χ1) is 11.7. The summed E-state index contributed by atoms with van der Waals surface area (Å²) in [6.45, 7) is 5.73. The molecule has 0 unspecified atom stereocenters. The van der Waals surface area contributed by atoms with Crippen LogP contribution in [0.3, 0.4) is 0 Å². The number of benzene rings is 1. The second-order valence-electron chi connectivity index (χ2n) is 7.33. The Morgan fingerprint density at radius 3 is 2.31 bits per heavy atom. The van der Waals surface area contributed by atoms with Crippen molar-refractivity contribution in [2.24, 2.45) is 5.92 Å². The fourth-order valence-corrected chi connectivity index (χ4v) is 3.38. The van der Waals surface area contributed by atoms with Gasteiger partial charge >= 0.3 is 6.18 Å². The second-order valence-corrected chi connectivity index (χ2v) is 7.33. The van der Waals surface area contributed by atoms with Gasteiger partial charge in [-0.1, -0.05) is 18.2 Å². The van der Waals surface area contributed by atoms with Crippen molar-refractivity contribution in [2.45, 2.75) is 44.7 Å². The number of amides is 1. The number of halogens is 4. The molecule has 0 bridgehead atoms. The number of piperidine rings is 1. The minimum absolute atomic E-state index is 0. The number of rotatable bonds is 5. The van der Waals surface area contributed by atoms with E-state index in [4.69, 9.17) is 0 Å². The fourth-order valence-electron chi connectivity index (χ4n) is 3.38. The Balaban J connectivity index is 0.00000338. The van der Waals surface area contributed by atoms with Crippen LogP contribution in [0.2, 0.25) is 0 Å². The summed E-state index contributed by atoms with van der Waals surface area (Å²) in [5.74, 6) is 0.507. The molecule has 1 aliphatic heterocycles. The van der Waals surface area contributed by atoms with Crippen LogP contribution in [-0.2, 0) is 16.4 Å². The summed E-state index contributed by atoms with van der Waals surface area (Å²) in [6, 6.07) is 5.11. The molecule has 2 rings (SSSR count). The maximum absolute atomic E-state index is 13.0. The molecule has 0 atom stereocenters. The molecule has 1 aliphatic rings. The van der Waals surface area contributed by atoms with Crippen molar-refractivity contribution in [3.8, 4) is 0 Å². The SMILES string of the molecule is CNCCC1CCN(C(=O)C(C)(C)c2cccc(C(F)(F)F)c2)CC1.Cl. The lowest BCUT2D eigenvalue weighted by Gasteiger charge is -2.37. The summed E-state index contributed by atoms with van der Waals surface area (Å²) >= 11 is 0. The van der Waals surface area contributed by atoms with Crippen LogP contribution >= 0.6 is 12.4 Å². The molecule has 3 nitrogen and oxygen atoms in total. The zero-order chi connectivity index (χ0) is 18.7. The number of carbonyl (C=O) groups is 1. The topological polar surface area (TPSA) is 32.3 Å².